The van der Waals surface area contributed by atoms with Gasteiger partial charge in [0.1, 0.15) is 6.20 Å². The van der Waals surface area contributed by atoms with Crippen molar-refractivity contribution in [2.45, 2.75) is 6.61 Å². The summed E-state index contributed by atoms with van der Waals surface area (Å²) in [5.41, 5.74) is 0. The molecule has 0 atom stereocenters. The summed E-state index contributed by atoms with van der Waals surface area (Å²) in [7, 11) is 1.68. The summed E-state index contributed by atoms with van der Waals surface area (Å²) in [6.45, 7) is 0.140. The second-order valence-electron chi connectivity index (χ2n) is 3.34. The number of aryl methyl sites for hydroxylation is 1. The minimum atomic E-state index is -0.537. The third-order valence-electron chi connectivity index (χ3n) is 2.13. The van der Waals surface area contributed by atoms with Crippen LogP contribution in [0.15, 0.2) is 30.6 Å². The van der Waals surface area contributed by atoms with E-state index < -0.39 is 4.92 Å². The Bertz CT molecular complexity index is 524. The monoisotopic (exact) mass is 234 g/mol. The van der Waals surface area contributed by atoms with Crippen molar-refractivity contribution in [3.8, 4) is 5.88 Å². The Labute approximate surface area is 96.8 Å². The largest absolute Gasteiger partial charge is 0.467 e. The molecule has 0 spiro atoms. The Morgan fingerprint density at radius 2 is 2.35 bits per heavy atom. The van der Waals surface area contributed by atoms with E-state index in [9.17, 15) is 10.1 Å². The number of hydrogen-bond donors (Lipinski definition) is 0. The zero-order valence-electron chi connectivity index (χ0n) is 9.11. The molecule has 0 radical (unpaired) electrons. The zero-order chi connectivity index (χ0) is 12.3. The maximum Gasteiger partial charge on any atom is 0.381 e. The van der Waals surface area contributed by atoms with Gasteiger partial charge in [-0.1, -0.05) is 6.07 Å². The van der Waals surface area contributed by atoms with Crippen LogP contribution in [0.4, 0.5) is 5.82 Å². The summed E-state index contributed by atoms with van der Waals surface area (Å²) >= 11 is 0. The highest BCUT2D eigenvalue weighted by Gasteiger charge is 2.16. The zero-order valence-corrected chi connectivity index (χ0v) is 9.11. The van der Waals surface area contributed by atoms with E-state index in [1.54, 1.807) is 36.0 Å². The molecule has 0 N–H and O–H groups in total. The van der Waals surface area contributed by atoms with Gasteiger partial charge in [-0.25, -0.2) is 4.98 Å². The molecular formula is C10H10N4O3. The van der Waals surface area contributed by atoms with Crippen LogP contribution in [-0.4, -0.2) is 19.5 Å². The van der Waals surface area contributed by atoms with Crippen LogP contribution in [0.5, 0.6) is 5.88 Å². The van der Waals surface area contributed by atoms with Gasteiger partial charge in [0, 0.05) is 19.3 Å². The van der Waals surface area contributed by atoms with Crippen LogP contribution >= 0.6 is 0 Å². The van der Waals surface area contributed by atoms with Gasteiger partial charge in [0.15, 0.2) is 6.61 Å². The first-order valence-electron chi connectivity index (χ1n) is 4.87. The number of nitrogens with zero attached hydrogens (tertiary/aromatic N) is 4. The van der Waals surface area contributed by atoms with Gasteiger partial charge in [0.05, 0.1) is 0 Å². The van der Waals surface area contributed by atoms with Crippen LogP contribution in [0.1, 0.15) is 5.82 Å². The highest BCUT2D eigenvalue weighted by molar-refractivity contribution is 5.17. The molecule has 0 amide bonds. The van der Waals surface area contributed by atoms with Crippen molar-refractivity contribution in [3.63, 3.8) is 0 Å². The van der Waals surface area contributed by atoms with Gasteiger partial charge in [0.25, 0.3) is 5.82 Å². The van der Waals surface area contributed by atoms with E-state index >= 15 is 0 Å². The van der Waals surface area contributed by atoms with Crippen LogP contribution in [0.25, 0.3) is 0 Å². The fraction of sp³-hybridized carbons (Fsp3) is 0.200. The van der Waals surface area contributed by atoms with Crippen LogP contribution in [-0.2, 0) is 13.7 Å². The Kier molecular flexibility index (Phi) is 2.99. The molecule has 2 aromatic rings. The third-order valence-corrected chi connectivity index (χ3v) is 2.13. The second-order valence-corrected chi connectivity index (χ2v) is 3.34. The fourth-order valence-electron chi connectivity index (χ4n) is 1.28. The average molecular weight is 234 g/mol. The summed E-state index contributed by atoms with van der Waals surface area (Å²) < 4.78 is 6.91. The van der Waals surface area contributed by atoms with Crippen LogP contribution in [0, 0.1) is 10.1 Å². The molecular weight excluding hydrogens is 224 g/mol. The standard InChI is InChI=1S/C10H10N4O3/c1-13-6-8(14(15)16)12-9(13)7-17-10-4-2-3-5-11-10/h2-6H,7H2,1H3. The van der Waals surface area contributed by atoms with Gasteiger partial charge >= 0.3 is 5.82 Å². The van der Waals surface area contributed by atoms with Crippen molar-refractivity contribution in [2.75, 3.05) is 0 Å². The second kappa shape index (κ2) is 4.60. The van der Waals surface area contributed by atoms with E-state index in [1.807, 2.05) is 0 Å². The first kappa shape index (κ1) is 11.1. The highest BCUT2D eigenvalue weighted by Crippen LogP contribution is 2.12. The van der Waals surface area contributed by atoms with Crippen molar-refractivity contribution >= 4 is 5.82 Å². The number of rotatable bonds is 4. The Balaban J connectivity index is 2.07. The number of pyridine rings is 1. The van der Waals surface area contributed by atoms with Gasteiger partial charge in [-0.15, -0.1) is 0 Å². The Hall–Kier alpha value is -2.44. The van der Waals surface area contributed by atoms with E-state index in [0.717, 1.165) is 0 Å². The van der Waals surface area contributed by atoms with Gasteiger partial charge in [-0.05, 0) is 16.0 Å². The maximum atomic E-state index is 10.5. The molecule has 0 saturated heterocycles. The summed E-state index contributed by atoms with van der Waals surface area (Å²) in [6.07, 6.45) is 2.95. The summed E-state index contributed by atoms with van der Waals surface area (Å²) in [5, 5.41) is 10.5. The van der Waals surface area contributed by atoms with Gasteiger partial charge < -0.3 is 19.4 Å². The molecule has 0 aliphatic carbocycles. The van der Waals surface area contributed by atoms with Crippen molar-refractivity contribution in [1.82, 2.24) is 14.5 Å². The molecule has 0 saturated carbocycles. The van der Waals surface area contributed by atoms with Crippen molar-refractivity contribution in [1.29, 1.82) is 0 Å². The predicted molar refractivity (Wildman–Crippen MR) is 58.4 cm³/mol. The summed E-state index contributed by atoms with van der Waals surface area (Å²) in [5.74, 6) is 0.743. The molecule has 0 aliphatic heterocycles. The average Bonchev–Trinajstić information content (AvgIpc) is 2.70. The molecule has 2 heterocycles. The van der Waals surface area contributed by atoms with Crippen molar-refractivity contribution < 1.29 is 9.66 Å². The number of hydrogen-bond acceptors (Lipinski definition) is 5. The third kappa shape index (κ3) is 2.57. The molecule has 7 nitrogen and oxygen atoms in total. The minimum absolute atomic E-state index is 0.140. The number of ether oxygens (including phenoxy) is 1. The van der Waals surface area contributed by atoms with Gasteiger partial charge in [-0.2, -0.15) is 0 Å². The molecule has 0 unspecified atom stereocenters. The quantitative estimate of drug-likeness (QED) is 0.588. The number of imidazole rings is 1. The van der Waals surface area contributed by atoms with E-state index in [4.69, 9.17) is 4.74 Å². The predicted octanol–water partition coefficient (Wildman–Crippen LogP) is 1.30. The van der Waals surface area contributed by atoms with E-state index in [-0.39, 0.29) is 12.4 Å². The molecule has 0 bridgehead atoms. The van der Waals surface area contributed by atoms with E-state index in [0.29, 0.717) is 11.7 Å². The summed E-state index contributed by atoms with van der Waals surface area (Å²) in [4.78, 5) is 17.8. The number of nitro groups is 1. The van der Waals surface area contributed by atoms with Gasteiger partial charge in [-0.3, -0.25) is 0 Å². The Morgan fingerprint density at radius 3 is 2.94 bits per heavy atom. The molecule has 0 aliphatic rings. The van der Waals surface area contributed by atoms with Crippen LogP contribution in [0.3, 0.4) is 0 Å². The number of aromatic nitrogens is 3. The lowest BCUT2D eigenvalue weighted by Crippen LogP contribution is -2.03. The maximum absolute atomic E-state index is 10.5. The molecule has 0 aromatic carbocycles. The lowest BCUT2D eigenvalue weighted by molar-refractivity contribution is -0.389. The van der Waals surface area contributed by atoms with Crippen LogP contribution in [0.2, 0.25) is 0 Å². The van der Waals surface area contributed by atoms with Crippen LogP contribution < -0.4 is 4.74 Å². The molecule has 2 aromatic heterocycles. The smallest absolute Gasteiger partial charge is 0.381 e. The molecule has 7 heteroatoms. The SMILES string of the molecule is Cn1cc([N+](=O)[O-])nc1COc1ccccn1. The van der Waals surface area contributed by atoms with Gasteiger partial charge in [0.2, 0.25) is 5.88 Å². The first-order valence-corrected chi connectivity index (χ1v) is 4.87. The first-order chi connectivity index (χ1) is 8.16. The topological polar surface area (TPSA) is 83.1 Å². The lowest BCUT2D eigenvalue weighted by atomic mass is 10.5. The molecule has 17 heavy (non-hydrogen) atoms. The van der Waals surface area contributed by atoms with E-state index in [1.165, 1.54) is 6.20 Å². The molecule has 88 valence electrons. The molecule has 0 fully saturated rings. The summed E-state index contributed by atoms with van der Waals surface area (Å²) in [6, 6.07) is 5.28. The minimum Gasteiger partial charge on any atom is -0.467 e. The van der Waals surface area contributed by atoms with Crippen molar-refractivity contribution in [3.05, 3.63) is 46.5 Å². The highest BCUT2D eigenvalue weighted by atomic mass is 16.6. The lowest BCUT2D eigenvalue weighted by Gasteiger charge is -2.01. The molecule has 2 rings (SSSR count). The van der Waals surface area contributed by atoms with Crippen molar-refractivity contribution in [2.24, 2.45) is 7.05 Å². The Morgan fingerprint density at radius 1 is 1.53 bits per heavy atom. The normalized spacial score (nSPS) is 10.2. The van der Waals surface area contributed by atoms with E-state index in [2.05, 4.69) is 9.97 Å². The fourth-order valence-corrected chi connectivity index (χ4v) is 1.28.